The first kappa shape index (κ1) is 47.4. The summed E-state index contributed by atoms with van der Waals surface area (Å²) < 4.78 is 10.0. The van der Waals surface area contributed by atoms with Gasteiger partial charge in [-0.2, -0.15) is 0 Å². The predicted molar refractivity (Wildman–Crippen MR) is 356 cm³/mol. The van der Waals surface area contributed by atoms with E-state index >= 15 is 0 Å². The Hall–Kier alpha value is -10.4. The van der Waals surface area contributed by atoms with Crippen LogP contribution in [0, 0.1) is 0 Å². The molecule has 2 aliphatic carbocycles. The second-order valence-electron chi connectivity index (χ2n) is 22.5. The Morgan fingerprint density at radius 1 is 0.422 bits per heavy atom. The third-order valence-electron chi connectivity index (χ3n) is 18.2. The Balaban J connectivity index is 0.862. The molecule has 1 atom stereocenters. The normalized spacial score (nSPS) is 14.8. The highest BCUT2D eigenvalue weighted by molar-refractivity contribution is 6.45. The van der Waals surface area contributed by atoms with Crippen LogP contribution in [0.2, 0.25) is 0 Å². The van der Waals surface area contributed by atoms with Crippen LogP contribution in [0.4, 0.5) is 0 Å². The van der Waals surface area contributed by atoms with Gasteiger partial charge >= 0.3 is 0 Å². The number of rotatable bonds is 8. The number of nitrogens with zero attached hydrogens (tertiary/aromatic N) is 4. The Morgan fingerprint density at radius 2 is 0.976 bits per heavy atom. The Kier molecular flexibility index (Phi) is 10.6. The van der Waals surface area contributed by atoms with Crippen molar-refractivity contribution >= 4 is 132 Å². The Morgan fingerprint density at radius 3 is 1.63 bits per heavy atom. The number of hydrogen-bond acceptors (Lipinski definition) is 0. The first-order valence-corrected chi connectivity index (χ1v) is 29.2. The summed E-state index contributed by atoms with van der Waals surface area (Å²) in [6.07, 6.45) is 22.9. The van der Waals surface area contributed by atoms with Gasteiger partial charge in [0.15, 0.2) is 0 Å². The molecule has 0 bridgehead atoms. The molecule has 4 heteroatoms. The van der Waals surface area contributed by atoms with Crippen LogP contribution in [0.25, 0.3) is 155 Å². The molecule has 0 saturated heterocycles. The molecule has 83 heavy (non-hydrogen) atoms. The maximum Gasteiger partial charge on any atom is 0.0626 e. The zero-order chi connectivity index (χ0) is 54.9. The molecule has 15 aromatic rings. The summed E-state index contributed by atoms with van der Waals surface area (Å²) in [4.78, 5) is 0. The lowest BCUT2D eigenvalue weighted by molar-refractivity contribution is 0.625. The minimum Gasteiger partial charge on any atom is -0.333 e. The van der Waals surface area contributed by atoms with E-state index in [1.807, 2.05) is 6.08 Å². The van der Waals surface area contributed by atoms with E-state index in [0.717, 1.165) is 24.9 Å². The molecule has 4 aromatic heterocycles. The minimum atomic E-state index is 0.250. The topological polar surface area (TPSA) is 19.7 Å². The zero-order valence-corrected chi connectivity index (χ0v) is 46.1. The van der Waals surface area contributed by atoms with Crippen LogP contribution in [0.15, 0.2) is 261 Å². The standard InChI is InChI=1S/C79H56N4/c1-3-21-58-66-48-52(40-46-72(66)80(68(58)4-2)54-22-7-5-8-23-54)50-36-42-56(43-37-50)82-70-34-19-16-31-64(70)75-77-74(60-27-11-13-29-62(60)78(75)82)61-28-12-14-30-63(61)79-76(77)65-32-17-20-35-71(65)83(79)57-44-38-51(39-45-57)53-41-47-73-67(49-53)59-26-15-18-33-69(59)81(73)55-24-9-6-10-25-55/h3-22,24-36,38-42,44-49,54H,2,23,37,43H2,1H3/b21-3-. The summed E-state index contributed by atoms with van der Waals surface area (Å²) >= 11 is 0. The van der Waals surface area contributed by atoms with Crippen LogP contribution in [-0.4, -0.2) is 18.3 Å². The van der Waals surface area contributed by atoms with Gasteiger partial charge in [-0.1, -0.05) is 195 Å². The molecule has 1 unspecified atom stereocenters. The molecule has 0 amide bonds. The second-order valence-corrected chi connectivity index (χ2v) is 22.5. The maximum absolute atomic E-state index is 4.31. The van der Waals surface area contributed by atoms with Crippen LogP contribution in [0.3, 0.4) is 0 Å². The van der Waals surface area contributed by atoms with E-state index in [4.69, 9.17) is 0 Å². The molecular formula is C79H56N4. The van der Waals surface area contributed by atoms with E-state index in [-0.39, 0.29) is 6.04 Å². The fourth-order valence-corrected chi connectivity index (χ4v) is 14.8. The number of allylic oxidation sites excluding steroid dienone is 9. The van der Waals surface area contributed by atoms with Gasteiger partial charge in [0.2, 0.25) is 0 Å². The van der Waals surface area contributed by atoms with Gasteiger partial charge in [0.05, 0.1) is 39.1 Å². The summed E-state index contributed by atoms with van der Waals surface area (Å²) in [6.45, 7) is 6.42. The predicted octanol–water partition coefficient (Wildman–Crippen LogP) is 21.5. The number of para-hydroxylation sites is 4. The van der Waals surface area contributed by atoms with Gasteiger partial charge in [0, 0.05) is 87.7 Å². The highest BCUT2D eigenvalue weighted by Gasteiger charge is 2.28. The molecule has 4 heterocycles. The van der Waals surface area contributed by atoms with Crippen molar-refractivity contribution in [2.75, 3.05) is 0 Å². The van der Waals surface area contributed by atoms with Crippen molar-refractivity contribution in [3.05, 3.63) is 278 Å². The van der Waals surface area contributed by atoms with Crippen molar-refractivity contribution in [3.8, 4) is 22.5 Å². The van der Waals surface area contributed by atoms with Gasteiger partial charge in [-0.05, 0) is 143 Å². The first-order chi connectivity index (χ1) is 41.1. The lowest BCUT2D eigenvalue weighted by atomic mass is 9.89. The molecule has 0 aliphatic heterocycles. The quantitative estimate of drug-likeness (QED) is 0.135. The smallest absolute Gasteiger partial charge is 0.0626 e. The highest BCUT2D eigenvalue weighted by Crippen LogP contribution is 2.51. The molecule has 0 N–H and O–H groups in total. The maximum atomic E-state index is 4.31. The molecule has 4 nitrogen and oxygen atoms in total. The summed E-state index contributed by atoms with van der Waals surface area (Å²) in [6, 6.07) is 79.7. The summed E-state index contributed by atoms with van der Waals surface area (Å²) in [5.41, 5.74) is 19.6. The molecule has 0 fully saturated rings. The second kappa shape index (κ2) is 18.6. The van der Waals surface area contributed by atoms with E-state index in [9.17, 15) is 0 Å². The van der Waals surface area contributed by atoms with Crippen molar-refractivity contribution in [2.45, 2.75) is 32.2 Å². The average Bonchev–Trinajstić information content (AvgIpc) is 1.67. The van der Waals surface area contributed by atoms with Crippen LogP contribution in [0.1, 0.15) is 49.0 Å². The monoisotopic (exact) mass is 1060 g/mol. The SMILES string of the molecule is C=Cc1c(/C=C\C)c2cc(C3=CC=C(n4c5ccccc5c5c6c(c7ccccc7c54)c4ccccc4c4c6c5ccccc5n4-c4ccc(-c5ccc6c(c5)c5ccccc5n6-c5ccccc5)cc4)CC3)ccc2n1C1C=CC=CC1. The first-order valence-electron chi connectivity index (χ1n) is 29.2. The van der Waals surface area contributed by atoms with Gasteiger partial charge < -0.3 is 18.3 Å². The van der Waals surface area contributed by atoms with Crippen LogP contribution >= 0.6 is 0 Å². The summed E-state index contributed by atoms with van der Waals surface area (Å²) in [5.74, 6) is 0. The lowest BCUT2D eigenvalue weighted by Gasteiger charge is -2.20. The fourth-order valence-electron chi connectivity index (χ4n) is 14.8. The van der Waals surface area contributed by atoms with E-state index in [1.165, 1.54) is 154 Å². The van der Waals surface area contributed by atoms with Crippen LogP contribution < -0.4 is 0 Å². The molecule has 392 valence electrons. The molecule has 0 spiro atoms. The van der Waals surface area contributed by atoms with E-state index < -0.39 is 0 Å². The van der Waals surface area contributed by atoms with Crippen molar-refractivity contribution in [1.82, 2.24) is 18.3 Å². The summed E-state index contributed by atoms with van der Waals surface area (Å²) in [7, 11) is 0. The van der Waals surface area contributed by atoms with E-state index in [0.29, 0.717) is 0 Å². The summed E-state index contributed by atoms with van der Waals surface area (Å²) in [5, 5.41) is 16.5. The molecule has 0 saturated carbocycles. The largest absolute Gasteiger partial charge is 0.333 e. The number of hydrogen-bond donors (Lipinski definition) is 0. The average molecular weight is 1060 g/mol. The van der Waals surface area contributed by atoms with Crippen LogP contribution in [-0.2, 0) is 0 Å². The fraction of sp³-hybridized carbons (Fsp3) is 0.0633. The Labute approximate surface area is 480 Å². The van der Waals surface area contributed by atoms with Gasteiger partial charge in [-0.15, -0.1) is 0 Å². The van der Waals surface area contributed by atoms with Gasteiger partial charge in [0.1, 0.15) is 0 Å². The molecule has 2 aliphatic rings. The van der Waals surface area contributed by atoms with Crippen molar-refractivity contribution < 1.29 is 0 Å². The van der Waals surface area contributed by atoms with Gasteiger partial charge in [-0.3, -0.25) is 0 Å². The molecule has 0 radical (unpaired) electrons. The van der Waals surface area contributed by atoms with Gasteiger partial charge in [-0.25, -0.2) is 0 Å². The van der Waals surface area contributed by atoms with Crippen LogP contribution in [0.5, 0.6) is 0 Å². The molecular weight excluding hydrogens is 1000 g/mol. The lowest BCUT2D eigenvalue weighted by Crippen LogP contribution is -2.08. The zero-order valence-electron chi connectivity index (χ0n) is 46.1. The van der Waals surface area contributed by atoms with E-state index in [1.54, 1.807) is 0 Å². The minimum absolute atomic E-state index is 0.250. The number of fused-ring (bicyclic) bond motifs is 19. The highest BCUT2D eigenvalue weighted by atomic mass is 15.0. The van der Waals surface area contributed by atoms with Crippen molar-refractivity contribution in [2.24, 2.45) is 0 Å². The Bertz CT molecular complexity index is 5430. The third kappa shape index (κ3) is 6.93. The number of aromatic nitrogens is 4. The van der Waals surface area contributed by atoms with Crippen molar-refractivity contribution in [1.29, 1.82) is 0 Å². The third-order valence-corrected chi connectivity index (χ3v) is 18.2. The van der Waals surface area contributed by atoms with Crippen molar-refractivity contribution in [3.63, 3.8) is 0 Å². The number of benzene rings is 11. The van der Waals surface area contributed by atoms with Gasteiger partial charge in [0.25, 0.3) is 0 Å². The molecule has 11 aromatic carbocycles. The molecule has 17 rings (SSSR count). The van der Waals surface area contributed by atoms with E-state index in [2.05, 4.69) is 293 Å².